The third-order valence-corrected chi connectivity index (χ3v) is 4.46. The first kappa shape index (κ1) is 17.5. The van der Waals surface area contributed by atoms with Crippen LogP contribution in [0.15, 0.2) is 48.5 Å². The fraction of sp³-hybridized carbons (Fsp3) is 0.316. The molecule has 2 N–H and O–H groups in total. The molecule has 1 aliphatic rings. The lowest BCUT2D eigenvalue weighted by Gasteiger charge is -2.31. The highest BCUT2D eigenvalue weighted by atomic mass is 19.2. The van der Waals surface area contributed by atoms with Gasteiger partial charge < -0.3 is 10.4 Å². The van der Waals surface area contributed by atoms with Crippen molar-refractivity contribution in [3.63, 3.8) is 0 Å². The van der Waals surface area contributed by atoms with E-state index in [0.717, 1.165) is 17.7 Å². The first-order valence-corrected chi connectivity index (χ1v) is 8.23. The normalized spacial score (nSPS) is 20.0. The van der Waals surface area contributed by atoms with Gasteiger partial charge in [0.25, 0.3) is 0 Å². The maximum atomic E-state index is 13.4. The Morgan fingerprint density at radius 3 is 2.64 bits per heavy atom. The molecule has 2 aromatic carbocycles. The largest absolute Gasteiger partial charge is 0.387 e. The van der Waals surface area contributed by atoms with Crippen molar-refractivity contribution in [3.05, 3.63) is 71.3 Å². The standard InChI is InChI=1S/C19H20F2N2O2/c20-15-7-6-14(10-16(15)21)18(24)12-23-9-8-22-19(25)11-17(23)13-4-2-1-3-5-13/h1-7,10,17-18,24H,8-9,11-12H2,(H,22,25)/t17-,18+/m0/s1. The zero-order valence-electron chi connectivity index (χ0n) is 13.7. The molecule has 132 valence electrons. The maximum Gasteiger partial charge on any atom is 0.221 e. The number of hydrogen-bond donors (Lipinski definition) is 2. The first-order valence-electron chi connectivity index (χ1n) is 8.23. The molecule has 3 rings (SSSR count). The highest BCUT2D eigenvalue weighted by molar-refractivity contribution is 5.77. The minimum Gasteiger partial charge on any atom is -0.387 e. The lowest BCUT2D eigenvalue weighted by molar-refractivity contribution is -0.121. The molecule has 1 saturated heterocycles. The molecule has 4 nitrogen and oxygen atoms in total. The number of β-amino-alcohol motifs (C(OH)–C–C–N with tert-alkyl or cyclic N) is 1. The number of halogens is 2. The molecule has 0 aliphatic carbocycles. The van der Waals surface area contributed by atoms with E-state index in [9.17, 15) is 18.7 Å². The van der Waals surface area contributed by atoms with Crippen molar-refractivity contribution >= 4 is 5.91 Å². The third-order valence-electron chi connectivity index (χ3n) is 4.46. The van der Waals surface area contributed by atoms with E-state index >= 15 is 0 Å². The van der Waals surface area contributed by atoms with Gasteiger partial charge in [-0.15, -0.1) is 0 Å². The van der Waals surface area contributed by atoms with Gasteiger partial charge in [-0.1, -0.05) is 36.4 Å². The molecule has 1 heterocycles. The molecule has 0 spiro atoms. The van der Waals surface area contributed by atoms with E-state index in [1.54, 1.807) is 0 Å². The quantitative estimate of drug-likeness (QED) is 0.895. The summed E-state index contributed by atoms with van der Waals surface area (Å²) < 4.78 is 26.5. The minimum absolute atomic E-state index is 0.0429. The number of amides is 1. The van der Waals surface area contributed by atoms with E-state index in [2.05, 4.69) is 5.32 Å². The summed E-state index contributed by atoms with van der Waals surface area (Å²) in [4.78, 5) is 14.0. The SMILES string of the molecule is O=C1C[C@@H](c2ccccc2)N(C[C@@H](O)c2ccc(F)c(F)c2)CCN1. The number of carbonyl (C=O) groups excluding carboxylic acids is 1. The Kier molecular flexibility index (Phi) is 5.40. The summed E-state index contributed by atoms with van der Waals surface area (Å²) in [6.07, 6.45) is -0.691. The van der Waals surface area contributed by atoms with E-state index in [4.69, 9.17) is 0 Å². The van der Waals surface area contributed by atoms with Gasteiger partial charge in [-0.2, -0.15) is 0 Å². The highest BCUT2D eigenvalue weighted by Gasteiger charge is 2.28. The van der Waals surface area contributed by atoms with Crippen LogP contribution in [0.2, 0.25) is 0 Å². The number of nitrogens with zero attached hydrogens (tertiary/aromatic N) is 1. The van der Waals surface area contributed by atoms with E-state index < -0.39 is 17.7 Å². The number of carbonyl (C=O) groups is 1. The minimum atomic E-state index is -0.983. The van der Waals surface area contributed by atoms with Crippen LogP contribution in [0.3, 0.4) is 0 Å². The lowest BCUT2D eigenvalue weighted by Crippen LogP contribution is -2.34. The summed E-state index contributed by atoms with van der Waals surface area (Å²) in [6.45, 7) is 1.26. The number of nitrogens with one attached hydrogen (secondary N) is 1. The zero-order valence-corrected chi connectivity index (χ0v) is 13.7. The molecule has 1 aliphatic heterocycles. The lowest BCUT2D eigenvalue weighted by atomic mass is 10.0. The highest BCUT2D eigenvalue weighted by Crippen LogP contribution is 2.28. The monoisotopic (exact) mass is 346 g/mol. The fourth-order valence-corrected chi connectivity index (χ4v) is 3.14. The van der Waals surface area contributed by atoms with Crippen LogP contribution in [0.1, 0.15) is 29.7 Å². The fourth-order valence-electron chi connectivity index (χ4n) is 3.14. The number of hydrogen-bond acceptors (Lipinski definition) is 3. The van der Waals surface area contributed by atoms with Gasteiger partial charge >= 0.3 is 0 Å². The smallest absolute Gasteiger partial charge is 0.221 e. The van der Waals surface area contributed by atoms with Gasteiger partial charge in [-0.05, 0) is 23.3 Å². The van der Waals surface area contributed by atoms with Crippen LogP contribution < -0.4 is 5.32 Å². The number of aliphatic hydroxyl groups is 1. The molecular weight excluding hydrogens is 326 g/mol. The predicted octanol–water partition coefficient (Wildman–Crippen LogP) is 2.56. The van der Waals surface area contributed by atoms with E-state index in [1.165, 1.54) is 6.07 Å². The molecule has 0 bridgehead atoms. The van der Waals surface area contributed by atoms with Gasteiger partial charge in [0.05, 0.1) is 6.10 Å². The van der Waals surface area contributed by atoms with Crippen molar-refractivity contribution in [3.8, 4) is 0 Å². The summed E-state index contributed by atoms with van der Waals surface area (Å²) in [6, 6.07) is 12.8. The molecule has 6 heteroatoms. The van der Waals surface area contributed by atoms with Crippen LogP contribution in [0, 0.1) is 11.6 Å². The van der Waals surface area contributed by atoms with Crippen molar-refractivity contribution in [2.24, 2.45) is 0 Å². The first-order chi connectivity index (χ1) is 12.0. The van der Waals surface area contributed by atoms with E-state index in [1.807, 2.05) is 35.2 Å². The van der Waals surface area contributed by atoms with Gasteiger partial charge in [0.2, 0.25) is 5.91 Å². The Morgan fingerprint density at radius 2 is 1.92 bits per heavy atom. The van der Waals surface area contributed by atoms with Crippen LogP contribution >= 0.6 is 0 Å². The van der Waals surface area contributed by atoms with E-state index in [-0.39, 0.29) is 24.9 Å². The average Bonchev–Trinajstić information content (AvgIpc) is 2.79. The second kappa shape index (κ2) is 7.72. The van der Waals surface area contributed by atoms with Crippen LogP contribution in [-0.2, 0) is 4.79 Å². The van der Waals surface area contributed by atoms with E-state index in [0.29, 0.717) is 18.7 Å². The van der Waals surface area contributed by atoms with Crippen molar-refractivity contribution < 1.29 is 18.7 Å². The summed E-state index contributed by atoms with van der Waals surface area (Å²) in [7, 11) is 0. The molecule has 1 amide bonds. The van der Waals surface area contributed by atoms with Gasteiger partial charge in [0.1, 0.15) is 0 Å². The van der Waals surface area contributed by atoms with Crippen molar-refractivity contribution in [2.75, 3.05) is 19.6 Å². The van der Waals surface area contributed by atoms with Crippen molar-refractivity contribution in [1.29, 1.82) is 0 Å². The number of benzene rings is 2. The molecule has 0 unspecified atom stereocenters. The van der Waals surface area contributed by atoms with Gasteiger partial charge in [0, 0.05) is 32.1 Å². The van der Waals surface area contributed by atoms with Crippen molar-refractivity contribution in [1.82, 2.24) is 10.2 Å². The molecule has 1 fully saturated rings. The maximum absolute atomic E-state index is 13.4. The number of aliphatic hydroxyl groups excluding tert-OH is 1. The Labute approximate surface area is 145 Å². The van der Waals surface area contributed by atoms with Crippen molar-refractivity contribution in [2.45, 2.75) is 18.6 Å². The molecule has 0 radical (unpaired) electrons. The molecule has 25 heavy (non-hydrogen) atoms. The van der Waals surface area contributed by atoms with Crippen LogP contribution in [-0.4, -0.2) is 35.5 Å². The second-order valence-electron chi connectivity index (χ2n) is 6.16. The molecular formula is C19H20F2N2O2. The van der Waals surface area contributed by atoms with Crippen LogP contribution in [0.4, 0.5) is 8.78 Å². The zero-order chi connectivity index (χ0) is 17.8. The summed E-state index contributed by atoms with van der Waals surface area (Å²) >= 11 is 0. The van der Waals surface area contributed by atoms with Gasteiger partial charge in [0.15, 0.2) is 11.6 Å². The molecule has 0 aromatic heterocycles. The Hall–Kier alpha value is -2.31. The van der Waals surface area contributed by atoms with Crippen LogP contribution in [0.25, 0.3) is 0 Å². The molecule has 2 aromatic rings. The summed E-state index contributed by atoms with van der Waals surface area (Å²) in [5, 5.41) is 13.3. The predicted molar refractivity (Wildman–Crippen MR) is 89.7 cm³/mol. The molecule has 0 saturated carbocycles. The third kappa shape index (κ3) is 4.21. The molecule has 2 atom stereocenters. The average molecular weight is 346 g/mol. The summed E-state index contributed by atoms with van der Waals surface area (Å²) in [5.41, 5.74) is 1.30. The Morgan fingerprint density at radius 1 is 1.16 bits per heavy atom. The van der Waals surface area contributed by atoms with Crippen LogP contribution in [0.5, 0.6) is 0 Å². The second-order valence-corrected chi connectivity index (χ2v) is 6.16. The Bertz CT molecular complexity index is 739. The number of rotatable bonds is 4. The van der Waals surface area contributed by atoms with Gasteiger partial charge in [-0.3, -0.25) is 9.69 Å². The summed E-state index contributed by atoms with van der Waals surface area (Å²) in [5.74, 6) is -1.97. The Balaban J connectivity index is 1.81. The van der Waals surface area contributed by atoms with Gasteiger partial charge in [-0.25, -0.2) is 8.78 Å². The topological polar surface area (TPSA) is 52.6 Å².